The zero-order valence-corrected chi connectivity index (χ0v) is 30.3. The second-order valence-electron chi connectivity index (χ2n) is 18.5. The molecule has 5 aliphatic rings. The molecule has 0 aliphatic heterocycles. The topological polar surface area (TPSA) is 107 Å². The summed E-state index contributed by atoms with van der Waals surface area (Å²) in [6.07, 6.45) is 10.2. The van der Waals surface area contributed by atoms with Gasteiger partial charge in [0.15, 0.2) is 0 Å². The van der Waals surface area contributed by atoms with Gasteiger partial charge in [-0.15, -0.1) is 0 Å². The molecular formula is C38H67N2O5+. The van der Waals surface area contributed by atoms with Crippen molar-refractivity contribution in [3.05, 3.63) is 12.2 Å². The number of hydrogen-bond acceptors (Lipinski definition) is 4. The van der Waals surface area contributed by atoms with Crippen molar-refractivity contribution >= 4 is 11.9 Å². The Morgan fingerprint density at radius 1 is 0.889 bits per heavy atom. The largest absolute Gasteiger partial charge is 0.480 e. The first kappa shape index (κ1) is 36.4. The number of fused-ring (bicyclic) bond motifs is 7. The van der Waals surface area contributed by atoms with Crippen LogP contribution in [0, 0.1) is 56.7 Å². The highest BCUT2D eigenvalue weighted by Gasteiger charge is 2.71. The number of rotatable bonds is 6. The second kappa shape index (κ2) is 12.2. The van der Waals surface area contributed by atoms with Gasteiger partial charge in [0.2, 0.25) is 5.91 Å². The molecule has 0 aromatic heterocycles. The maximum atomic E-state index is 13.9. The molecule has 45 heavy (non-hydrogen) atoms. The molecule has 7 nitrogen and oxygen atoms in total. The van der Waals surface area contributed by atoms with Crippen LogP contribution in [0.25, 0.3) is 0 Å². The van der Waals surface area contributed by atoms with Crippen molar-refractivity contribution in [3.8, 4) is 0 Å². The van der Waals surface area contributed by atoms with Crippen LogP contribution in [0.15, 0.2) is 12.2 Å². The predicted molar refractivity (Wildman–Crippen MR) is 180 cm³/mol. The molecule has 0 unspecified atom stereocenters. The fourth-order valence-electron chi connectivity index (χ4n) is 12.2. The minimum Gasteiger partial charge on any atom is -0.480 e. The van der Waals surface area contributed by atoms with Crippen LogP contribution in [0.1, 0.15) is 113 Å². The maximum absolute atomic E-state index is 13.9. The number of aliphatic carboxylic acids is 1. The summed E-state index contributed by atoms with van der Waals surface area (Å²) in [6.45, 7) is 21.6. The highest BCUT2D eigenvalue weighted by Crippen LogP contribution is 2.77. The number of carboxylic acids is 1. The van der Waals surface area contributed by atoms with Crippen LogP contribution in [0.5, 0.6) is 0 Å². The number of carbonyl (C=O) groups is 2. The van der Waals surface area contributed by atoms with Crippen molar-refractivity contribution in [3.63, 3.8) is 0 Å². The van der Waals surface area contributed by atoms with Gasteiger partial charge in [-0.25, -0.2) is 0 Å². The van der Waals surface area contributed by atoms with Crippen LogP contribution < -0.4 is 5.32 Å². The molecule has 0 spiro atoms. The van der Waals surface area contributed by atoms with Crippen LogP contribution in [0.2, 0.25) is 0 Å². The first-order chi connectivity index (χ1) is 20.6. The van der Waals surface area contributed by atoms with Gasteiger partial charge in [0, 0.05) is 0 Å². The van der Waals surface area contributed by atoms with Crippen molar-refractivity contribution in [2.24, 2.45) is 56.7 Å². The lowest BCUT2D eigenvalue weighted by molar-refractivity contribution is -0.870. The number of allylic oxidation sites excluding steroid dienone is 1. The Bertz CT molecular complexity index is 1150. The highest BCUT2D eigenvalue weighted by molar-refractivity contribution is 5.88. The Labute approximate surface area is 274 Å². The summed E-state index contributed by atoms with van der Waals surface area (Å²) in [7, 11) is 6.16. The number of carbonyl (C=O) groups excluding carboxylic acids is 1. The van der Waals surface area contributed by atoms with E-state index in [0.29, 0.717) is 23.7 Å². The van der Waals surface area contributed by atoms with E-state index in [-0.39, 0.29) is 46.2 Å². The number of nitrogens with one attached hydrogen (secondary N) is 1. The van der Waals surface area contributed by atoms with Gasteiger partial charge in [-0.05, 0) is 129 Å². The standard InChI is InChI=1S/C33H53NO4.C5H14NO/c1-19(2)21-11-16-33(28(38)34-20(3)27(36)37)18-17-31(7)22(26(21)33)9-10-24-30(6)14-13-25(35)29(4,5)23(30)12-15-32(24,31)8;1-6(2,3)4-5-7/h20-26,35H,1,9-18H2,2-8H3,(H,34,38)(H,36,37);7H,4-5H2,1-3H3/q;+1/t20-,21+,22-,23+,24-,25+,26-,30+,31-,32-,33+;/m1./s1. The van der Waals surface area contributed by atoms with E-state index in [4.69, 9.17) is 5.11 Å². The number of likely N-dealkylation sites (N-methyl/N-ethyl adjacent to an activating group) is 1. The third-order valence-electron chi connectivity index (χ3n) is 15.0. The lowest BCUT2D eigenvalue weighted by Crippen LogP contribution is -2.67. The van der Waals surface area contributed by atoms with Crippen LogP contribution in [-0.4, -0.2) is 78.1 Å². The Balaban J connectivity index is 0.000000591. The maximum Gasteiger partial charge on any atom is 0.325 e. The molecule has 5 fully saturated rings. The van der Waals surface area contributed by atoms with Gasteiger partial charge < -0.3 is 25.1 Å². The second-order valence-corrected chi connectivity index (χ2v) is 18.5. The third kappa shape index (κ3) is 5.83. The van der Waals surface area contributed by atoms with E-state index < -0.39 is 17.4 Å². The van der Waals surface area contributed by atoms with Crippen molar-refractivity contribution in [1.82, 2.24) is 5.32 Å². The van der Waals surface area contributed by atoms with Crippen molar-refractivity contribution < 1.29 is 29.4 Å². The van der Waals surface area contributed by atoms with Crippen LogP contribution in [0.3, 0.4) is 0 Å². The van der Waals surface area contributed by atoms with E-state index in [1.165, 1.54) is 24.8 Å². The van der Waals surface area contributed by atoms with E-state index in [1.807, 2.05) is 0 Å². The van der Waals surface area contributed by atoms with Crippen molar-refractivity contribution in [2.75, 3.05) is 34.3 Å². The van der Waals surface area contributed by atoms with Gasteiger partial charge in [-0.2, -0.15) is 0 Å². The number of amides is 1. The highest BCUT2D eigenvalue weighted by atomic mass is 16.4. The minimum atomic E-state index is -0.972. The molecule has 258 valence electrons. The predicted octanol–water partition coefficient (Wildman–Crippen LogP) is 6.28. The molecule has 0 radical (unpaired) electrons. The van der Waals surface area contributed by atoms with Gasteiger partial charge >= 0.3 is 5.97 Å². The van der Waals surface area contributed by atoms with Gasteiger partial charge in [0.1, 0.15) is 12.6 Å². The molecule has 0 aromatic carbocycles. The molecule has 11 atom stereocenters. The zero-order valence-electron chi connectivity index (χ0n) is 30.3. The van der Waals surface area contributed by atoms with Gasteiger partial charge in [-0.1, -0.05) is 46.8 Å². The molecule has 0 heterocycles. The van der Waals surface area contributed by atoms with E-state index >= 15 is 0 Å². The van der Waals surface area contributed by atoms with Gasteiger partial charge in [-0.3, -0.25) is 9.59 Å². The number of hydrogen-bond donors (Lipinski definition) is 4. The van der Waals surface area contributed by atoms with Crippen LogP contribution >= 0.6 is 0 Å². The van der Waals surface area contributed by atoms with E-state index in [2.05, 4.69) is 74.6 Å². The van der Waals surface area contributed by atoms with Crippen LogP contribution in [-0.2, 0) is 9.59 Å². The molecular weight excluding hydrogens is 564 g/mol. The lowest BCUT2D eigenvalue weighted by atomic mass is 9.32. The third-order valence-corrected chi connectivity index (χ3v) is 15.0. The van der Waals surface area contributed by atoms with E-state index in [9.17, 15) is 19.8 Å². The summed E-state index contributed by atoms with van der Waals surface area (Å²) < 4.78 is 0.844. The average Bonchev–Trinajstić information content (AvgIpc) is 3.32. The number of nitrogens with zero attached hydrogens (tertiary/aromatic N) is 1. The average molecular weight is 632 g/mol. The quantitative estimate of drug-likeness (QED) is 0.204. The monoisotopic (exact) mass is 632 g/mol. The molecule has 1 amide bonds. The summed E-state index contributed by atoms with van der Waals surface area (Å²) in [5.41, 5.74) is 1.21. The van der Waals surface area contributed by atoms with E-state index in [1.54, 1.807) is 6.92 Å². The molecule has 0 aromatic rings. The van der Waals surface area contributed by atoms with Crippen LogP contribution in [0.4, 0.5) is 0 Å². The number of aliphatic hydroxyl groups excluding tert-OH is 2. The lowest BCUT2D eigenvalue weighted by Gasteiger charge is -2.72. The SMILES string of the molecule is C=C(C)[C@@H]1CC[C@]2(C(=O)N[C@H](C)C(=O)O)CC[C@]3(C)[C@H](CC[C@@H]4[C@@]5(C)CC[C@H](O)C(C)(C)[C@@H]5CC[C@]43C)[C@@H]12.C[N+](C)(C)CCO. The molecule has 5 saturated carbocycles. The van der Waals surface area contributed by atoms with E-state index in [0.717, 1.165) is 56.0 Å². The molecule has 4 N–H and O–H groups in total. The smallest absolute Gasteiger partial charge is 0.325 e. The van der Waals surface area contributed by atoms with Crippen molar-refractivity contribution in [1.29, 1.82) is 0 Å². The Hall–Kier alpha value is -1.44. The summed E-state index contributed by atoms with van der Waals surface area (Å²) in [6, 6.07) is -0.872. The Morgan fingerprint density at radius 2 is 1.53 bits per heavy atom. The summed E-state index contributed by atoms with van der Waals surface area (Å²) >= 11 is 0. The molecule has 7 heteroatoms. The number of quaternary nitrogens is 1. The molecule has 0 bridgehead atoms. The summed E-state index contributed by atoms with van der Waals surface area (Å²) in [5.74, 6) is 1.15. The normalized spacial score (nSPS) is 44.1. The fourth-order valence-corrected chi connectivity index (χ4v) is 12.2. The minimum absolute atomic E-state index is 0.0332. The number of aliphatic hydroxyl groups is 2. The number of carboxylic acid groups (broad SMARTS) is 1. The molecule has 5 aliphatic carbocycles. The molecule has 5 rings (SSSR count). The summed E-state index contributed by atoms with van der Waals surface area (Å²) in [4.78, 5) is 25.6. The Kier molecular flexibility index (Phi) is 9.88. The first-order valence-electron chi connectivity index (χ1n) is 17.9. The summed E-state index contributed by atoms with van der Waals surface area (Å²) in [5, 5.41) is 31.8. The zero-order chi connectivity index (χ0) is 34.0. The first-order valence-corrected chi connectivity index (χ1v) is 17.9. The fraction of sp³-hybridized carbons (Fsp3) is 0.895. The molecule has 0 saturated heterocycles. The van der Waals surface area contributed by atoms with Gasteiger partial charge in [0.05, 0.1) is 39.3 Å². The van der Waals surface area contributed by atoms with Gasteiger partial charge in [0.25, 0.3) is 0 Å². The van der Waals surface area contributed by atoms with Crippen molar-refractivity contribution in [2.45, 2.75) is 125 Å². The Morgan fingerprint density at radius 3 is 2.07 bits per heavy atom.